The largest absolute Gasteiger partial charge is 0.478 e. The van der Waals surface area contributed by atoms with Crippen molar-refractivity contribution in [3.63, 3.8) is 0 Å². The molecule has 1 aliphatic rings. The molecule has 6 nitrogen and oxygen atoms in total. The number of para-hydroxylation sites is 1. The SMILES string of the molecule is C=CC(C)OC(=O)C1C=C(OCCC)N(c2ccccc2)N=C1N. The molecular formula is C18H23N3O3. The first-order valence-electron chi connectivity index (χ1n) is 7.93. The van der Waals surface area contributed by atoms with E-state index in [0.29, 0.717) is 12.5 Å². The summed E-state index contributed by atoms with van der Waals surface area (Å²) in [5.74, 6) is -0.636. The van der Waals surface area contributed by atoms with Gasteiger partial charge in [-0.3, -0.25) is 4.79 Å². The molecule has 1 aromatic carbocycles. The minimum atomic E-state index is -0.779. The molecule has 6 heteroatoms. The van der Waals surface area contributed by atoms with E-state index in [1.807, 2.05) is 37.3 Å². The number of hydrazone groups is 1. The summed E-state index contributed by atoms with van der Waals surface area (Å²) in [6.07, 6.45) is 3.62. The van der Waals surface area contributed by atoms with Gasteiger partial charge in [-0.1, -0.05) is 37.8 Å². The highest BCUT2D eigenvalue weighted by molar-refractivity contribution is 6.03. The minimum absolute atomic E-state index is 0.156. The summed E-state index contributed by atoms with van der Waals surface area (Å²) in [4.78, 5) is 12.3. The predicted molar refractivity (Wildman–Crippen MR) is 94.1 cm³/mol. The van der Waals surface area contributed by atoms with Gasteiger partial charge in [0, 0.05) is 0 Å². The number of esters is 1. The van der Waals surface area contributed by atoms with E-state index in [1.165, 1.54) is 0 Å². The average molecular weight is 329 g/mol. The number of amidine groups is 1. The lowest BCUT2D eigenvalue weighted by molar-refractivity contribution is -0.147. The lowest BCUT2D eigenvalue weighted by Crippen LogP contribution is -2.39. The highest BCUT2D eigenvalue weighted by Crippen LogP contribution is 2.26. The molecule has 0 aromatic heterocycles. The zero-order valence-corrected chi connectivity index (χ0v) is 14.0. The van der Waals surface area contributed by atoms with E-state index >= 15 is 0 Å². The van der Waals surface area contributed by atoms with Crippen LogP contribution < -0.4 is 10.7 Å². The highest BCUT2D eigenvalue weighted by Gasteiger charge is 2.31. The van der Waals surface area contributed by atoms with Crippen LogP contribution in [0.1, 0.15) is 20.3 Å². The second kappa shape index (κ2) is 8.19. The molecule has 0 fully saturated rings. The van der Waals surface area contributed by atoms with Crippen molar-refractivity contribution in [3.05, 3.63) is 54.9 Å². The zero-order valence-electron chi connectivity index (χ0n) is 14.0. The van der Waals surface area contributed by atoms with Crippen LogP contribution in [-0.2, 0) is 14.3 Å². The Morgan fingerprint density at radius 3 is 2.79 bits per heavy atom. The number of carbonyl (C=O) groups excluding carboxylic acids is 1. The summed E-state index contributed by atoms with van der Waals surface area (Å²) in [6.45, 7) is 7.84. The molecule has 0 spiro atoms. The number of carbonyl (C=O) groups is 1. The third-order valence-corrected chi connectivity index (χ3v) is 3.39. The quantitative estimate of drug-likeness (QED) is 0.615. The standard InChI is InChI=1S/C18H23N3O3/c1-4-11-23-16-12-15(18(22)24-13(3)5-2)17(19)20-21(16)14-9-7-6-8-10-14/h5-10,12-13,15H,2,4,11H2,1,3H3,(H2,19,20). The smallest absolute Gasteiger partial charge is 0.321 e. The molecule has 0 aliphatic carbocycles. The van der Waals surface area contributed by atoms with Gasteiger partial charge in [0.15, 0.2) is 0 Å². The maximum Gasteiger partial charge on any atom is 0.321 e. The fourth-order valence-corrected chi connectivity index (χ4v) is 2.09. The van der Waals surface area contributed by atoms with E-state index in [2.05, 4.69) is 11.7 Å². The number of hydrogen-bond acceptors (Lipinski definition) is 6. The summed E-state index contributed by atoms with van der Waals surface area (Å²) in [5, 5.41) is 5.92. The van der Waals surface area contributed by atoms with Crippen LogP contribution >= 0.6 is 0 Å². The van der Waals surface area contributed by atoms with Gasteiger partial charge in [0.2, 0.25) is 5.88 Å². The van der Waals surface area contributed by atoms with Gasteiger partial charge < -0.3 is 15.2 Å². The predicted octanol–water partition coefficient (Wildman–Crippen LogP) is 2.78. The molecule has 2 atom stereocenters. The number of benzene rings is 1. The molecule has 1 aliphatic heterocycles. The molecule has 0 saturated carbocycles. The van der Waals surface area contributed by atoms with Gasteiger partial charge in [-0.15, -0.1) is 0 Å². The average Bonchev–Trinajstić information content (AvgIpc) is 2.60. The van der Waals surface area contributed by atoms with Crippen molar-refractivity contribution >= 4 is 17.5 Å². The molecule has 2 rings (SSSR count). The Labute approximate surface area is 142 Å². The molecule has 24 heavy (non-hydrogen) atoms. The van der Waals surface area contributed by atoms with Crippen LogP contribution in [0, 0.1) is 5.92 Å². The van der Waals surface area contributed by atoms with Crippen molar-refractivity contribution in [2.24, 2.45) is 16.8 Å². The van der Waals surface area contributed by atoms with Crippen LogP contribution in [0.5, 0.6) is 0 Å². The number of ether oxygens (including phenoxy) is 2. The summed E-state index contributed by atoms with van der Waals surface area (Å²) < 4.78 is 11.0. The van der Waals surface area contributed by atoms with E-state index < -0.39 is 18.0 Å². The number of anilines is 1. The van der Waals surface area contributed by atoms with Crippen molar-refractivity contribution in [3.8, 4) is 0 Å². The summed E-state index contributed by atoms with van der Waals surface area (Å²) in [6, 6.07) is 9.47. The summed E-state index contributed by atoms with van der Waals surface area (Å²) in [7, 11) is 0. The molecule has 2 N–H and O–H groups in total. The van der Waals surface area contributed by atoms with E-state index in [9.17, 15) is 4.79 Å². The molecule has 1 heterocycles. The topological polar surface area (TPSA) is 77.2 Å². The van der Waals surface area contributed by atoms with E-state index in [-0.39, 0.29) is 5.84 Å². The van der Waals surface area contributed by atoms with Crippen molar-refractivity contribution in [2.45, 2.75) is 26.4 Å². The zero-order chi connectivity index (χ0) is 17.5. The lowest BCUT2D eigenvalue weighted by atomic mass is 10.1. The van der Waals surface area contributed by atoms with Gasteiger partial charge in [0.1, 0.15) is 17.9 Å². The van der Waals surface area contributed by atoms with Crippen LogP contribution in [0.3, 0.4) is 0 Å². The molecule has 0 saturated heterocycles. The molecule has 1 aromatic rings. The molecule has 128 valence electrons. The lowest BCUT2D eigenvalue weighted by Gasteiger charge is -2.28. The molecule has 0 amide bonds. The first kappa shape index (κ1) is 17.6. The summed E-state index contributed by atoms with van der Waals surface area (Å²) >= 11 is 0. The van der Waals surface area contributed by atoms with E-state index in [1.54, 1.807) is 24.1 Å². The Kier molecular flexibility index (Phi) is 6.01. The molecule has 0 bridgehead atoms. The van der Waals surface area contributed by atoms with E-state index in [0.717, 1.165) is 12.1 Å². The van der Waals surface area contributed by atoms with Gasteiger partial charge in [-0.2, -0.15) is 10.1 Å². The van der Waals surface area contributed by atoms with Gasteiger partial charge in [0.25, 0.3) is 0 Å². The van der Waals surface area contributed by atoms with Crippen molar-refractivity contribution in [1.29, 1.82) is 0 Å². The Morgan fingerprint density at radius 2 is 2.17 bits per heavy atom. The monoisotopic (exact) mass is 329 g/mol. The third kappa shape index (κ3) is 4.16. The number of nitrogens with two attached hydrogens (primary N) is 1. The Bertz CT molecular complexity index is 640. The van der Waals surface area contributed by atoms with Gasteiger partial charge in [-0.25, -0.2) is 0 Å². The number of hydrogen-bond donors (Lipinski definition) is 1. The fourth-order valence-electron chi connectivity index (χ4n) is 2.09. The number of rotatable bonds is 7. The van der Waals surface area contributed by atoms with E-state index in [4.69, 9.17) is 15.2 Å². The van der Waals surface area contributed by atoms with Gasteiger partial charge >= 0.3 is 5.97 Å². The molecule has 2 unspecified atom stereocenters. The second-order valence-corrected chi connectivity index (χ2v) is 5.38. The summed E-state index contributed by atoms with van der Waals surface area (Å²) in [5.41, 5.74) is 6.80. The first-order chi connectivity index (χ1) is 11.6. The van der Waals surface area contributed by atoms with Crippen LogP contribution in [0.2, 0.25) is 0 Å². The Balaban J connectivity index is 2.28. The van der Waals surface area contributed by atoms with Crippen LogP contribution in [0.25, 0.3) is 0 Å². The number of nitrogens with zero attached hydrogens (tertiary/aromatic N) is 2. The van der Waals surface area contributed by atoms with Gasteiger partial charge in [-0.05, 0) is 31.6 Å². The highest BCUT2D eigenvalue weighted by atomic mass is 16.5. The molecule has 0 radical (unpaired) electrons. The van der Waals surface area contributed by atoms with Crippen molar-refractivity contribution < 1.29 is 14.3 Å². The Hall–Kier alpha value is -2.76. The minimum Gasteiger partial charge on any atom is -0.478 e. The third-order valence-electron chi connectivity index (χ3n) is 3.39. The second-order valence-electron chi connectivity index (χ2n) is 5.38. The van der Waals surface area contributed by atoms with Crippen molar-refractivity contribution in [2.75, 3.05) is 11.6 Å². The van der Waals surface area contributed by atoms with Crippen molar-refractivity contribution in [1.82, 2.24) is 0 Å². The molecular weight excluding hydrogens is 306 g/mol. The van der Waals surface area contributed by atoms with Gasteiger partial charge in [0.05, 0.1) is 12.3 Å². The Morgan fingerprint density at radius 1 is 1.46 bits per heavy atom. The van der Waals surface area contributed by atoms with Crippen LogP contribution in [0.4, 0.5) is 5.69 Å². The first-order valence-corrected chi connectivity index (χ1v) is 7.93. The van der Waals surface area contributed by atoms with Crippen LogP contribution in [0.15, 0.2) is 60.0 Å². The maximum absolute atomic E-state index is 12.3. The van der Waals surface area contributed by atoms with Crippen LogP contribution in [-0.4, -0.2) is 24.5 Å². The maximum atomic E-state index is 12.3. The fraction of sp³-hybridized carbons (Fsp3) is 0.333. The normalized spacial score (nSPS) is 18.2.